The number of rotatable bonds is 1. The van der Waals surface area contributed by atoms with Gasteiger partial charge in [-0.15, -0.1) is 0 Å². The van der Waals surface area contributed by atoms with Crippen LogP contribution in [-0.4, -0.2) is 12.1 Å². The third-order valence-electron chi connectivity index (χ3n) is 2.01. The predicted molar refractivity (Wildman–Crippen MR) is 66.0 cm³/mol. The van der Waals surface area contributed by atoms with E-state index in [1.165, 1.54) is 0 Å². The van der Waals surface area contributed by atoms with Crippen LogP contribution in [0.4, 0.5) is 0 Å². The Kier molecular flexibility index (Phi) is 3.05. The van der Waals surface area contributed by atoms with Gasteiger partial charge in [0.25, 0.3) is 0 Å². The Balaban J connectivity index is 2.91. The van der Waals surface area contributed by atoms with Crippen LogP contribution in [-0.2, 0) is 0 Å². The summed E-state index contributed by atoms with van der Waals surface area (Å²) in [6, 6.07) is 5.34. The van der Waals surface area contributed by atoms with Gasteiger partial charge in [0.2, 0.25) is 0 Å². The third-order valence-corrected chi connectivity index (χ3v) is 3.14. The Hall–Kier alpha value is -0.510. The van der Waals surface area contributed by atoms with Crippen LogP contribution in [0.2, 0.25) is 10.2 Å². The molecule has 2 aromatic rings. The van der Waals surface area contributed by atoms with Crippen molar-refractivity contribution < 1.29 is 4.74 Å². The molecule has 15 heavy (non-hydrogen) atoms. The van der Waals surface area contributed by atoms with Crippen LogP contribution in [0.15, 0.2) is 22.7 Å². The van der Waals surface area contributed by atoms with Gasteiger partial charge in [-0.25, -0.2) is 4.98 Å². The fraction of sp³-hybridized carbons (Fsp3) is 0.100. The first kappa shape index (κ1) is 11.0. The first-order valence-electron chi connectivity index (χ1n) is 4.11. The summed E-state index contributed by atoms with van der Waals surface area (Å²) >= 11 is 15.3. The van der Waals surface area contributed by atoms with Crippen LogP contribution in [0.25, 0.3) is 10.9 Å². The second-order valence-electron chi connectivity index (χ2n) is 2.90. The summed E-state index contributed by atoms with van der Waals surface area (Å²) in [7, 11) is 1.58. The number of hydrogen-bond donors (Lipinski definition) is 0. The second kappa shape index (κ2) is 4.16. The van der Waals surface area contributed by atoms with Gasteiger partial charge in [0.1, 0.15) is 10.7 Å². The molecule has 0 aliphatic carbocycles. The molecule has 0 bridgehead atoms. The number of fused-ring (bicyclic) bond motifs is 1. The highest BCUT2D eigenvalue weighted by molar-refractivity contribution is 9.10. The van der Waals surface area contributed by atoms with Gasteiger partial charge in [-0.05, 0) is 34.1 Å². The van der Waals surface area contributed by atoms with Crippen molar-refractivity contribution in [1.29, 1.82) is 0 Å². The quantitative estimate of drug-likeness (QED) is 0.732. The lowest BCUT2D eigenvalue weighted by Crippen LogP contribution is -1.90. The highest BCUT2D eigenvalue weighted by atomic mass is 79.9. The van der Waals surface area contributed by atoms with E-state index in [2.05, 4.69) is 20.9 Å². The number of pyridine rings is 1. The molecule has 2 nitrogen and oxygen atoms in total. The van der Waals surface area contributed by atoms with Crippen molar-refractivity contribution in [3.63, 3.8) is 0 Å². The molecule has 0 amide bonds. The van der Waals surface area contributed by atoms with Gasteiger partial charge in [0, 0.05) is 5.39 Å². The molecule has 78 valence electrons. The SMILES string of the molecule is COc1c(Br)ccc2c(Cl)cc(Cl)nc12. The monoisotopic (exact) mass is 305 g/mol. The van der Waals surface area contributed by atoms with E-state index in [1.54, 1.807) is 13.2 Å². The summed E-state index contributed by atoms with van der Waals surface area (Å²) in [5.74, 6) is 0.636. The van der Waals surface area contributed by atoms with Gasteiger partial charge in [0.05, 0.1) is 16.6 Å². The van der Waals surface area contributed by atoms with E-state index in [9.17, 15) is 0 Å². The molecule has 2 rings (SSSR count). The average molecular weight is 307 g/mol. The summed E-state index contributed by atoms with van der Waals surface area (Å²) in [6.07, 6.45) is 0. The van der Waals surface area contributed by atoms with Gasteiger partial charge in [-0.2, -0.15) is 0 Å². The van der Waals surface area contributed by atoms with Crippen LogP contribution >= 0.6 is 39.1 Å². The lowest BCUT2D eigenvalue weighted by Gasteiger charge is -2.08. The van der Waals surface area contributed by atoms with E-state index < -0.39 is 0 Å². The molecule has 0 saturated carbocycles. The minimum Gasteiger partial charge on any atom is -0.493 e. The van der Waals surface area contributed by atoms with E-state index in [-0.39, 0.29) is 0 Å². The van der Waals surface area contributed by atoms with Crippen LogP contribution in [0.3, 0.4) is 0 Å². The zero-order valence-corrected chi connectivity index (χ0v) is 10.8. The van der Waals surface area contributed by atoms with Gasteiger partial charge in [-0.1, -0.05) is 23.2 Å². The number of methoxy groups -OCH3 is 1. The molecule has 1 heterocycles. The van der Waals surface area contributed by atoms with Crippen molar-refractivity contribution in [2.45, 2.75) is 0 Å². The van der Waals surface area contributed by atoms with Crippen molar-refractivity contribution >= 4 is 50.0 Å². The molecule has 0 radical (unpaired) electrons. The van der Waals surface area contributed by atoms with Crippen molar-refractivity contribution in [3.8, 4) is 5.75 Å². The standard InChI is InChI=1S/C10H6BrCl2NO/c1-15-10-6(11)3-2-5-7(12)4-8(13)14-9(5)10/h2-4H,1H3. The molecular formula is C10H6BrCl2NO. The fourth-order valence-electron chi connectivity index (χ4n) is 1.37. The summed E-state index contributed by atoms with van der Waals surface area (Å²) in [5.41, 5.74) is 0.657. The maximum Gasteiger partial charge on any atom is 0.159 e. The summed E-state index contributed by atoms with van der Waals surface area (Å²) in [5, 5.41) is 1.74. The first-order chi connectivity index (χ1) is 7.13. The van der Waals surface area contributed by atoms with E-state index in [0.29, 0.717) is 21.4 Å². The minimum absolute atomic E-state index is 0.351. The van der Waals surface area contributed by atoms with Gasteiger partial charge >= 0.3 is 0 Å². The Morgan fingerprint density at radius 2 is 2.07 bits per heavy atom. The molecule has 1 aromatic heterocycles. The lowest BCUT2D eigenvalue weighted by atomic mass is 10.2. The Labute approximate surface area is 105 Å². The van der Waals surface area contributed by atoms with E-state index in [0.717, 1.165) is 9.86 Å². The smallest absolute Gasteiger partial charge is 0.159 e. The van der Waals surface area contributed by atoms with E-state index in [4.69, 9.17) is 27.9 Å². The Morgan fingerprint density at radius 3 is 2.73 bits per heavy atom. The minimum atomic E-state index is 0.351. The maximum absolute atomic E-state index is 6.05. The summed E-state index contributed by atoms with van der Waals surface area (Å²) < 4.78 is 6.06. The van der Waals surface area contributed by atoms with Crippen LogP contribution in [0.5, 0.6) is 5.75 Å². The maximum atomic E-state index is 6.05. The molecule has 0 fully saturated rings. The first-order valence-corrected chi connectivity index (χ1v) is 5.66. The number of nitrogens with zero attached hydrogens (tertiary/aromatic N) is 1. The molecule has 0 spiro atoms. The molecule has 0 atom stereocenters. The lowest BCUT2D eigenvalue weighted by molar-refractivity contribution is 0.416. The number of ether oxygens (including phenoxy) is 1. The number of halogens is 3. The molecule has 0 aliphatic heterocycles. The Bertz CT molecular complexity index is 530. The fourth-order valence-corrected chi connectivity index (χ4v) is 2.35. The molecule has 0 N–H and O–H groups in total. The summed E-state index contributed by atoms with van der Waals surface area (Å²) in [4.78, 5) is 4.19. The van der Waals surface area contributed by atoms with Crippen LogP contribution in [0.1, 0.15) is 0 Å². The highest BCUT2D eigenvalue weighted by Crippen LogP contribution is 2.36. The van der Waals surface area contributed by atoms with E-state index in [1.807, 2.05) is 12.1 Å². The largest absolute Gasteiger partial charge is 0.493 e. The number of hydrogen-bond acceptors (Lipinski definition) is 2. The van der Waals surface area contributed by atoms with Gasteiger partial charge in [0.15, 0.2) is 5.75 Å². The normalized spacial score (nSPS) is 10.7. The van der Waals surface area contributed by atoms with Crippen LogP contribution < -0.4 is 4.74 Å². The molecule has 0 aliphatic rings. The number of aromatic nitrogens is 1. The van der Waals surface area contributed by atoms with Crippen molar-refractivity contribution in [2.75, 3.05) is 7.11 Å². The van der Waals surface area contributed by atoms with Crippen molar-refractivity contribution in [3.05, 3.63) is 32.8 Å². The second-order valence-corrected chi connectivity index (χ2v) is 4.55. The molecule has 1 aromatic carbocycles. The summed E-state index contributed by atoms with van der Waals surface area (Å²) in [6.45, 7) is 0. The van der Waals surface area contributed by atoms with Crippen molar-refractivity contribution in [1.82, 2.24) is 4.98 Å². The average Bonchev–Trinajstić information content (AvgIpc) is 2.17. The molecule has 0 saturated heterocycles. The van der Waals surface area contributed by atoms with Gasteiger partial charge in [-0.3, -0.25) is 0 Å². The van der Waals surface area contributed by atoms with Crippen molar-refractivity contribution in [2.24, 2.45) is 0 Å². The third kappa shape index (κ3) is 1.92. The van der Waals surface area contributed by atoms with E-state index >= 15 is 0 Å². The van der Waals surface area contributed by atoms with Crippen LogP contribution in [0, 0.1) is 0 Å². The number of benzene rings is 1. The van der Waals surface area contributed by atoms with Gasteiger partial charge < -0.3 is 4.74 Å². The molecular weight excluding hydrogens is 301 g/mol. The zero-order chi connectivity index (χ0) is 11.0. The molecule has 0 unspecified atom stereocenters. The molecule has 5 heteroatoms. The highest BCUT2D eigenvalue weighted by Gasteiger charge is 2.11. The Morgan fingerprint density at radius 1 is 1.33 bits per heavy atom. The topological polar surface area (TPSA) is 22.1 Å². The zero-order valence-electron chi connectivity index (χ0n) is 7.72. The predicted octanol–water partition coefficient (Wildman–Crippen LogP) is 4.31.